The van der Waals surface area contributed by atoms with Crippen LogP contribution in [0.4, 0.5) is 5.69 Å². The van der Waals surface area contributed by atoms with Crippen LogP contribution in [0, 0.1) is 0 Å². The summed E-state index contributed by atoms with van der Waals surface area (Å²) >= 11 is 0. The van der Waals surface area contributed by atoms with E-state index in [9.17, 15) is 9.59 Å². The normalized spacial score (nSPS) is 13.0. The summed E-state index contributed by atoms with van der Waals surface area (Å²) < 4.78 is 15.9. The van der Waals surface area contributed by atoms with Crippen molar-refractivity contribution in [3.05, 3.63) is 54.1 Å². The van der Waals surface area contributed by atoms with Gasteiger partial charge in [-0.25, -0.2) is 0 Å². The van der Waals surface area contributed by atoms with E-state index in [2.05, 4.69) is 0 Å². The van der Waals surface area contributed by atoms with Gasteiger partial charge in [0, 0.05) is 12.1 Å². The van der Waals surface area contributed by atoms with Crippen LogP contribution in [-0.4, -0.2) is 32.1 Å². The van der Waals surface area contributed by atoms with Crippen molar-refractivity contribution in [1.82, 2.24) is 0 Å². The van der Waals surface area contributed by atoms with Crippen molar-refractivity contribution in [1.29, 1.82) is 0 Å². The quantitative estimate of drug-likeness (QED) is 0.756. The summed E-state index contributed by atoms with van der Waals surface area (Å²) in [6.45, 7) is 0.369. The zero-order valence-corrected chi connectivity index (χ0v) is 13.9. The Kier molecular flexibility index (Phi) is 5.18. The van der Waals surface area contributed by atoms with Crippen molar-refractivity contribution < 1.29 is 23.8 Å². The average molecular weight is 341 g/mol. The molecule has 3 rings (SSSR count). The number of carbonyl (C=O) groups is 2. The lowest BCUT2D eigenvalue weighted by Gasteiger charge is -2.28. The molecule has 0 bridgehead atoms. The number of hydrogen-bond donors (Lipinski definition) is 0. The van der Waals surface area contributed by atoms with Gasteiger partial charge >= 0.3 is 5.97 Å². The van der Waals surface area contributed by atoms with E-state index in [0.29, 0.717) is 17.2 Å². The van der Waals surface area contributed by atoms with E-state index in [0.717, 1.165) is 5.56 Å². The Labute approximate surface area is 145 Å². The summed E-state index contributed by atoms with van der Waals surface area (Å²) in [6, 6.07) is 14.6. The molecule has 25 heavy (non-hydrogen) atoms. The molecule has 0 fully saturated rings. The van der Waals surface area contributed by atoms with Gasteiger partial charge in [0.1, 0.15) is 18.1 Å². The molecule has 2 aromatic rings. The number of anilines is 1. The summed E-state index contributed by atoms with van der Waals surface area (Å²) in [5.41, 5.74) is 1.47. The largest absolute Gasteiger partial charge is 0.496 e. The number of rotatable bonds is 6. The van der Waals surface area contributed by atoms with Crippen LogP contribution in [0.15, 0.2) is 48.5 Å². The van der Waals surface area contributed by atoms with Crippen molar-refractivity contribution in [3.8, 4) is 11.5 Å². The van der Waals surface area contributed by atoms with Gasteiger partial charge in [-0.05, 0) is 18.2 Å². The smallest absolute Gasteiger partial charge is 0.307 e. The number of ether oxygens (including phenoxy) is 3. The number of esters is 1. The molecule has 1 heterocycles. The molecule has 130 valence electrons. The highest BCUT2D eigenvalue weighted by Gasteiger charge is 2.25. The highest BCUT2D eigenvalue weighted by molar-refractivity contribution is 5.98. The molecule has 0 spiro atoms. The number of para-hydroxylation sites is 3. The van der Waals surface area contributed by atoms with Gasteiger partial charge in [0.15, 0.2) is 6.61 Å². The van der Waals surface area contributed by atoms with Crippen LogP contribution in [0.1, 0.15) is 12.0 Å². The van der Waals surface area contributed by atoms with E-state index in [-0.39, 0.29) is 38.1 Å². The molecule has 2 aromatic carbocycles. The monoisotopic (exact) mass is 341 g/mol. The second-order valence-electron chi connectivity index (χ2n) is 5.52. The fourth-order valence-electron chi connectivity index (χ4n) is 2.65. The minimum atomic E-state index is -0.373. The molecule has 0 unspecified atom stereocenters. The first-order valence-corrected chi connectivity index (χ1v) is 7.99. The Morgan fingerprint density at radius 2 is 1.92 bits per heavy atom. The summed E-state index contributed by atoms with van der Waals surface area (Å²) in [5.74, 6) is 0.774. The second-order valence-corrected chi connectivity index (χ2v) is 5.52. The van der Waals surface area contributed by atoms with Gasteiger partial charge in [-0.2, -0.15) is 0 Å². The number of methoxy groups -OCH3 is 1. The Balaban J connectivity index is 1.57. The second kappa shape index (κ2) is 7.70. The van der Waals surface area contributed by atoms with Crippen molar-refractivity contribution in [3.63, 3.8) is 0 Å². The Hall–Kier alpha value is -3.02. The van der Waals surface area contributed by atoms with Crippen LogP contribution >= 0.6 is 0 Å². The highest BCUT2D eigenvalue weighted by Crippen LogP contribution is 2.31. The molecular formula is C19H19NO5. The van der Waals surface area contributed by atoms with Gasteiger partial charge in [-0.15, -0.1) is 0 Å². The predicted molar refractivity (Wildman–Crippen MR) is 91.7 cm³/mol. The molecule has 1 aliphatic heterocycles. The predicted octanol–water partition coefficient (Wildman–Crippen LogP) is 2.55. The number of amides is 1. The Morgan fingerprint density at radius 3 is 2.76 bits per heavy atom. The molecule has 0 saturated carbocycles. The van der Waals surface area contributed by atoms with Gasteiger partial charge < -0.3 is 19.1 Å². The number of carbonyl (C=O) groups excluding carboxylic acids is 2. The van der Waals surface area contributed by atoms with Crippen LogP contribution in [-0.2, 0) is 20.9 Å². The summed E-state index contributed by atoms with van der Waals surface area (Å²) in [7, 11) is 1.57. The number of hydrogen-bond acceptors (Lipinski definition) is 5. The molecule has 0 atom stereocenters. The van der Waals surface area contributed by atoms with E-state index in [1.54, 1.807) is 24.1 Å². The number of nitrogens with zero attached hydrogens (tertiary/aromatic N) is 1. The minimum Gasteiger partial charge on any atom is -0.496 e. The molecule has 0 saturated heterocycles. The first-order chi connectivity index (χ1) is 12.2. The molecule has 6 nitrogen and oxygen atoms in total. The third kappa shape index (κ3) is 3.91. The maximum atomic E-state index is 12.1. The zero-order valence-electron chi connectivity index (χ0n) is 13.9. The van der Waals surface area contributed by atoms with Gasteiger partial charge in [-0.3, -0.25) is 9.59 Å². The molecule has 0 N–H and O–H groups in total. The molecule has 1 amide bonds. The minimum absolute atomic E-state index is 0.0206. The third-order valence-electron chi connectivity index (χ3n) is 3.93. The summed E-state index contributed by atoms with van der Waals surface area (Å²) in [4.78, 5) is 25.7. The molecule has 1 aliphatic rings. The van der Waals surface area contributed by atoms with Crippen LogP contribution < -0.4 is 14.4 Å². The Morgan fingerprint density at radius 1 is 1.16 bits per heavy atom. The lowest BCUT2D eigenvalue weighted by Crippen LogP contribution is -2.40. The number of benzene rings is 2. The molecule has 6 heteroatoms. The molecular weight excluding hydrogens is 322 g/mol. The molecule has 0 radical (unpaired) electrons. The average Bonchev–Trinajstić information content (AvgIpc) is 2.65. The van der Waals surface area contributed by atoms with E-state index >= 15 is 0 Å². The van der Waals surface area contributed by atoms with Crippen molar-refractivity contribution in [2.45, 2.75) is 13.0 Å². The fourth-order valence-corrected chi connectivity index (χ4v) is 2.65. The molecule has 0 aromatic heterocycles. The standard InChI is InChI=1S/C19H19NO5/c1-23-16-8-4-2-6-14(16)12-25-19(22)10-11-20-15-7-3-5-9-17(15)24-13-18(20)21/h2-9H,10-13H2,1H3. The maximum Gasteiger partial charge on any atom is 0.307 e. The fraction of sp³-hybridized carbons (Fsp3) is 0.263. The summed E-state index contributed by atoms with van der Waals surface area (Å²) in [5, 5.41) is 0. The number of fused-ring (bicyclic) bond motifs is 1. The van der Waals surface area contributed by atoms with Gasteiger partial charge in [-0.1, -0.05) is 30.3 Å². The third-order valence-corrected chi connectivity index (χ3v) is 3.93. The topological polar surface area (TPSA) is 65.1 Å². The Bertz CT molecular complexity index is 774. The zero-order chi connectivity index (χ0) is 17.6. The highest BCUT2D eigenvalue weighted by atomic mass is 16.5. The van der Waals surface area contributed by atoms with Crippen LogP contribution in [0.3, 0.4) is 0 Å². The summed E-state index contributed by atoms with van der Waals surface area (Å²) in [6.07, 6.45) is 0.106. The van der Waals surface area contributed by atoms with Crippen molar-refractivity contribution in [2.24, 2.45) is 0 Å². The van der Waals surface area contributed by atoms with Gasteiger partial charge in [0.05, 0.1) is 19.2 Å². The van der Waals surface area contributed by atoms with Gasteiger partial charge in [0.2, 0.25) is 0 Å². The molecule has 0 aliphatic carbocycles. The first kappa shape index (κ1) is 16.8. The first-order valence-electron chi connectivity index (χ1n) is 7.99. The van der Waals surface area contributed by atoms with E-state index in [1.165, 1.54) is 0 Å². The van der Waals surface area contributed by atoms with Crippen LogP contribution in [0.5, 0.6) is 11.5 Å². The van der Waals surface area contributed by atoms with Crippen molar-refractivity contribution in [2.75, 3.05) is 25.2 Å². The van der Waals surface area contributed by atoms with Crippen molar-refractivity contribution >= 4 is 17.6 Å². The lowest BCUT2D eigenvalue weighted by molar-refractivity contribution is -0.144. The van der Waals surface area contributed by atoms with E-state index < -0.39 is 0 Å². The van der Waals surface area contributed by atoms with E-state index in [1.807, 2.05) is 36.4 Å². The maximum absolute atomic E-state index is 12.1. The SMILES string of the molecule is COc1ccccc1COC(=O)CCN1C(=O)COc2ccccc21. The van der Waals surface area contributed by atoms with E-state index in [4.69, 9.17) is 14.2 Å². The van der Waals surface area contributed by atoms with Crippen LogP contribution in [0.25, 0.3) is 0 Å². The van der Waals surface area contributed by atoms with Gasteiger partial charge in [0.25, 0.3) is 5.91 Å². The van der Waals surface area contributed by atoms with Crippen LogP contribution in [0.2, 0.25) is 0 Å². The lowest BCUT2D eigenvalue weighted by atomic mass is 10.2.